The van der Waals surface area contributed by atoms with Gasteiger partial charge in [-0.3, -0.25) is 24.3 Å². The molecule has 1 amide bonds. The number of hydrogen-bond donors (Lipinski definition) is 5. The first kappa shape index (κ1) is 31.9. The van der Waals surface area contributed by atoms with Gasteiger partial charge in [-0.1, -0.05) is 17.7 Å². The third-order valence-electron chi connectivity index (χ3n) is 7.98. The van der Waals surface area contributed by atoms with Crippen molar-refractivity contribution >= 4 is 28.9 Å². The molecule has 0 spiro atoms. The van der Waals surface area contributed by atoms with Crippen LogP contribution in [0.25, 0.3) is 22.4 Å². The lowest BCUT2D eigenvalue weighted by atomic mass is 10.1. The number of aryl methyl sites for hydroxylation is 2. The number of aromatic amines is 2. The van der Waals surface area contributed by atoms with E-state index in [1.165, 1.54) is 11.2 Å². The number of rotatable bonds is 12. The fourth-order valence-electron chi connectivity index (χ4n) is 5.47. The van der Waals surface area contributed by atoms with Crippen molar-refractivity contribution in [2.45, 2.75) is 20.0 Å². The van der Waals surface area contributed by atoms with Gasteiger partial charge in [-0.25, -0.2) is 9.99 Å². The third-order valence-corrected chi connectivity index (χ3v) is 7.98. The van der Waals surface area contributed by atoms with E-state index in [1.54, 1.807) is 25.2 Å². The van der Waals surface area contributed by atoms with Gasteiger partial charge in [-0.05, 0) is 43.7 Å². The van der Waals surface area contributed by atoms with E-state index in [9.17, 15) is 24.6 Å². The zero-order chi connectivity index (χ0) is 32.1. The van der Waals surface area contributed by atoms with Crippen molar-refractivity contribution in [3.05, 3.63) is 75.2 Å². The number of carbonyl (C=O) groups excluding carboxylic acids is 2. The Morgan fingerprint density at radius 2 is 1.96 bits per heavy atom. The molecule has 0 aliphatic carbocycles. The third kappa shape index (κ3) is 7.23. The first-order valence-electron chi connectivity index (χ1n) is 14.9. The van der Waals surface area contributed by atoms with Gasteiger partial charge < -0.3 is 30.2 Å². The van der Waals surface area contributed by atoms with Crippen molar-refractivity contribution in [1.82, 2.24) is 29.9 Å². The number of H-pyrrole nitrogens is 2. The molecule has 45 heavy (non-hydrogen) atoms. The van der Waals surface area contributed by atoms with Crippen LogP contribution >= 0.6 is 0 Å². The highest BCUT2D eigenvalue weighted by molar-refractivity contribution is 6.05. The summed E-state index contributed by atoms with van der Waals surface area (Å²) < 4.78 is 5.79. The largest absolute Gasteiger partial charge is 0.491 e. The van der Waals surface area contributed by atoms with Gasteiger partial charge in [0.15, 0.2) is 6.29 Å². The SMILES string of the molecule is Cc1ccc(OCC(O)CNc2cc[nH]c(=O)c2-c2nc3cc(C(=O)N(C)N4CCN(CCO)CC4)c(C=O)cc3[nH]2)c(C)c1. The minimum atomic E-state index is -0.869. The molecular formula is C32H39N7O6. The number of piperazine rings is 1. The average molecular weight is 618 g/mol. The van der Waals surface area contributed by atoms with Gasteiger partial charge in [-0.2, -0.15) is 0 Å². The van der Waals surface area contributed by atoms with Crippen LogP contribution in [0, 0.1) is 13.8 Å². The molecule has 1 unspecified atom stereocenters. The molecule has 0 radical (unpaired) electrons. The number of benzene rings is 2. The summed E-state index contributed by atoms with van der Waals surface area (Å²) in [6.07, 6.45) is 1.26. The summed E-state index contributed by atoms with van der Waals surface area (Å²) in [4.78, 5) is 51.1. The van der Waals surface area contributed by atoms with Gasteiger partial charge >= 0.3 is 0 Å². The Kier molecular flexibility index (Phi) is 9.93. The highest BCUT2D eigenvalue weighted by Crippen LogP contribution is 2.27. The lowest BCUT2D eigenvalue weighted by Crippen LogP contribution is -2.54. The van der Waals surface area contributed by atoms with Gasteiger partial charge in [0.2, 0.25) is 0 Å². The molecule has 1 fully saturated rings. The molecule has 3 heterocycles. The number of aromatic nitrogens is 3. The van der Waals surface area contributed by atoms with Crippen molar-refractivity contribution in [3.8, 4) is 17.1 Å². The lowest BCUT2D eigenvalue weighted by molar-refractivity contribution is -0.0246. The molecule has 0 saturated carbocycles. The summed E-state index contributed by atoms with van der Waals surface area (Å²) in [5.74, 6) is 0.583. The van der Waals surface area contributed by atoms with E-state index in [2.05, 4.69) is 25.2 Å². The predicted octanol–water partition coefficient (Wildman–Crippen LogP) is 1.80. The number of aliphatic hydroxyl groups is 2. The van der Waals surface area contributed by atoms with Crippen LogP contribution in [0.1, 0.15) is 31.8 Å². The molecule has 2 aromatic carbocycles. The smallest absolute Gasteiger partial charge is 0.268 e. The molecule has 2 aromatic heterocycles. The summed E-state index contributed by atoms with van der Waals surface area (Å²) in [5, 5.41) is 26.3. The second kappa shape index (κ2) is 14.0. The van der Waals surface area contributed by atoms with Gasteiger partial charge in [0.25, 0.3) is 11.5 Å². The zero-order valence-electron chi connectivity index (χ0n) is 25.7. The first-order chi connectivity index (χ1) is 21.7. The molecular weight excluding hydrogens is 578 g/mol. The van der Waals surface area contributed by atoms with Crippen LogP contribution in [0.2, 0.25) is 0 Å². The van der Waals surface area contributed by atoms with E-state index in [1.807, 2.05) is 37.1 Å². The maximum absolute atomic E-state index is 13.5. The molecule has 238 valence electrons. The van der Waals surface area contributed by atoms with Crippen molar-refractivity contribution < 1.29 is 24.5 Å². The topological polar surface area (TPSA) is 167 Å². The zero-order valence-corrected chi connectivity index (χ0v) is 25.7. The van der Waals surface area contributed by atoms with E-state index in [4.69, 9.17) is 4.74 Å². The summed E-state index contributed by atoms with van der Waals surface area (Å²) in [7, 11) is 1.67. The number of aliphatic hydroxyl groups excluding tert-OH is 2. The fraction of sp³-hybridized carbons (Fsp3) is 0.375. The van der Waals surface area contributed by atoms with E-state index < -0.39 is 11.7 Å². The highest BCUT2D eigenvalue weighted by Gasteiger charge is 2.26. The fourth-order valence-corrected chi connectivity index (χ4v) is 5.47. The number of ether oxygens (including phenoxy) is 1. The minimum absolute atomic E-state index is 0.0537. The molecule has 1 saturated heterocycles. The second-order valence-electron chi connectivity index (χ2n) is 11.2. The van der Waals surface area contributed by atoms with Gasteiger partial charge in [0, 0.05) is 58.1 Å². The number of carbonyl (C=O) groups is 2. The number of amides is 1. The van der Waals surface area contributed by atoms with E-state index in [0.717, 1.165) is 11.1 Å². The number of hydrogen-bond acceptors (Lipinski definition) is 10. The van der Waals surface area contributed by atoms with Crippen molar-refractivity contribution in [1.29, 1.82) is 0 Å². The van der Waals surface area contributed by atoms with E-state index in [-0.39, 0.29) is 48.2 Å². The maximum Gasteiger partial charge on any atom is 0.268 e. The van der Waals surface area contributed by atoms with Gasteiger partial charge in [0.05, 0.1) is 28.9 Å². The summed E-state index contributed by atoms with van der Waals surface area (Å²) in [5.41, 5.74) is 3.64. The Hall–Kier alpha value is -4.56. The summed E-state index contributed by atoms with van der Waals surface area (Å²) in [6.45, 7) is 7.40. The lowest BCUT2D eigenvalue weighted by Gasteiger charge is -2.39. The predicted molar refractivity (Wildman–Crippen MR) is 171 cm³/mol. The highest BCUT2D eigenvalue weighted by atomic mass is 16.5. The Bertz CT molecular complexity index is 1730. The second-order valence-corrected chi connectivity index (χ2v) is 11.2. The van der Waals surface area contributed by atoms with Crippen molar-refractivity contribution in [3.63, 3.8) is 0 Å². The molecule has 4 aromatic rings. The number of aldehydes is 1. The number of imidazole rings is 1. The molecule has 5 rings (SSSR count). The Balaban J connectivity index is 1.33. The molecule has 0 bridgehead atoms. The standard InChI is InChI=1S/C32H39N7O6/c1-20-4-5-28(21(2)14-20)45-19-23(42)17-34-25-6-7-33-31(43)29(25)30-35-26-15-22(18-41)24(16-27(26)36-30)32(44)37(3)39-10-8-38(9-11-39)12-13-40/h4-7,14-16,18,23,40,42H,8-13,17,19H2,1-3H3,(H,35,36)(H2,33,34,43). The number of pyridine rings is 1. The van der Waals surface area contributed by atoms with E-state index >= 15 is 0 Å². The quantitative estimate of drug-likeness (QED) is 0.148. The average Bonchev–Trinajstić information content (AvgIpc) is 3.45. The maximum atomic E-state index is 13.5. The van der Waals surface area contributed by atoms with Crippen molar-refractivity contribution in [2.24, 2.45) is 0 Å². The molecule has 1 atom stereocenters. The monoisotopic (exact) mass is 617 g/mol. The van der Waals surface area contributed by atoms with Crippen LogP contribution < -0.4 is 15.6 Å². The van der Waals surface area contributed by atoms with Crippen LogP contribution in [-0.4, -0.2) is 118 Å². The van der Waals surface area contributed by atoms with Crippen molar-refractivity contribution in [2.75, 3.05) is 64.8 Å². The van der Waals surface area contributed by atoms with Crippen LogP contribution in [-0.2, 0) is 0 Å². The van der Waals surface area contributed by atoms with Crippen LogP contribution in [0.5, 0.6) is 5.75 Å². The number of β-amino-alcohol motifs (C(OH)–C–C–N with tert-alkyl or cyclic N) is 1. The van der Waals surface area contributed by atoms with Crippen LogP contribution in [0.3, 0.4) is 0 Å². The Morgan fingerprint density at radius 1 is 1.18 bits per heavy atom. The minimum Gasteiger partial charge on any atom is -0.491 e. The Morgan fingerprint density at radius 3 is 2.67 bits per heavy atom. The molecule has 1 aliphatic heterocycles. The molecule has 13 nitrogen and oxygen atoms in total. The Labute approximate surface area is 260 Å². The summed E-state index contributed by atoms with van der Waals surface area (Å²) >= 11 is 0. The summed E-state index contributed by atoms with van der Waals surface area (Å²) in [6, 6.07) is 10.6. The first-order valence-corrected chi connectivity index (χ1v) is 14.9. The number of anilines is 1. The van der Waals surface area contributed by atoms with E-state index in [0.29, 0.717) is 61.5 Å². The number of hydrazine groups is 1. The normalized spacial score (nSPS) is 14.8. The number of nitrogens with zero attached hydrogens (tertiary/aromatic N) is 4. The van der Waals surface area contributed by atoms with Gasteiger partial charge in [-0.15, -0.1) is 0 Å². The molecule has 13 heteroatoms. The number of fused-ring (bicyclic) bond motifs is 1. The van der Waals surface area contributed by atoms with Gasteiger partial charge in [0.1, 0.15) is 29.8 Å². The number of nitrogens with one attached hydrogen (secondary N) is 3. The molecule has 5 N–H and O–H groups in total. The van der Waals surface area contributed by atoms with Crippen LogP contribution in [0.15, 0.2) is 47.4 Å². The van der Waals surface area contributed by atoms with Crippen LogP contribution in [0.4, 0.5) is 5.69 Å². The molecule has 1 aliphatic rings.